The maximum atomic E-state index is 12.2. The zero-order chi connectivity index (χ0) is 15.3. The molecule has 8 heteroatoms. The quantitative estimate of drug-likeness (QED) is 0.724. The van der Waals surface area contributed by atoms with Gasteiger partial charge in [0.25, 0.3) is 0 Å². The van der Waals surface area contributed by atoms with Crippen LogP contribution in [0.5, 0.6) is 0 Å². The van der Waals surface area contributed by atoms with Gasteiger partial charge in [0.15, 0.2) is 4.67 Å². The van der Waals surface area contributed by atoms with Crippen molar-refractivity contribution < 1.29 is 12.8 Å². The molecule has 0 atom stereocenters. The van der Waals surface area contributed by atoms with E-state index < -0.39 is 10.0 Å². The van der Waals surface area contributed by atoms with Gasteiger partial charge in [-0.1, -0.05) is 6.92 Å². The molecule has 0 fully saturated rings. The molecule has 0 spiro atoms. The molecule has 0 saturated heterocycles. The van der Waals surface area contributed by atoms with Gasteiger partial charge in [0.1, 0.15) is 10.7 Å². The van der Waals surface area contributed by atoms with E-state index in [1.165, 1.54) is 0 Å². The van der Waals surface area contributed by atoms with Gasteiger partial charge in [-0.3, -0.25) is 0 Å². The van der Waals surface area contributed by atoms with E-state index in [4.69, 9.17) is 4.42 Å². The molecule has 2 aromatic rings. The SMILES string of the molecule is CCNCc1cc(S(=O)(=O)NCCc2ccsc2)c(Br)o1. The molecule has 2 rings (SSSR count). The summed E-state index contributed by atoms with van der Waals surface area (Å²) >= 11 is 4.76. The van der Waals surface area contributed by atoms with Crippen LogP contribution in [0.2, 0.25) is 0 Å². The van der Waals surface area contributed by atoms with Crippen molar-refractivity contribution in [1.82, 2.24) is 10.0 Å². The lowest BCUT2D eigenvalue weighted by Crippen LogP contribution is -2.25. The lowest BCUT2D eigenvalue weighted by atomic mass is 10.2. The first-order chi connectivity index (χ1) is 10.0. The number of rotatable bonds is 8. The molecule has 5 nitrogen and oxygen atoms in total. The number of nitrogens with one attached hydrogen (secondary N) is 2. The minimum absolute atomic E-state index is 0.140. The third kappa shape index (κ3) is 4.65. The standard InChI is InChI=1S/C13H17BrN2O3S2/c1-2-15-8-11-7-12(13(14)19-11)21(17,18)16-5-3-10-4-6-20-9-10/h4,6-7,9,15-16H,2-3,5,8H2,1H3. The Morgan fingerprint density at radius 2 is 2.24 bits per heavy atom. The van der Waals surface area contributed by atoms with Crippen molar-refractivity contribution in [2.45, 2.75) is 24.8 Å². The highest BCUT2D eigenvalue weighted by Gasteiger charge is 2.21. The fourth-order valence-electron chi connectivity index (χ4n) is 1.76. The monoisotopic (exact) mass is 392 g/mol. The first kappa shape index (κ1) is 16.7. The maximum absolute atomic E-state index is 12.2. The van der Waals surface area contributed by atoms with Gasteiger partial charge in [-0.15, -0.1) is 0 Å². The highest BCUT2D eigenvalue weighted by molar-refractivity contribution is 9.10. The Labute approximate surface area is 136 Å². The molecule has 0 bridgehead atoms. The van der Waals surface area contributed by atoms with E-state index in [0.717, 1.165) is 12.1 Å². The first-order valence-corrected chi connectivity index (χ1v) is 9.74. The van der Waals surface area contributed by atoms with E-state index in [1.807, 2.05) is 23.8 Å². The number of hydrogen-bond acceptors (Lipinski definition) is 5. The molecule has 2 aromatic heterocycles. The summed E-state index contributed by atoms with van der Waals surface area (Å²) in [5.41, 5.74) is 1.13. The molecule has 0 aliphatic heterocycles. The smallest absolute Gasteiger partial charge is 0.244 e. The van der Waals surface area contributed by atoms with E-state index in [1.54, 1.807) is 17.4 Å². The van der Waals surface area contributed by atoms with Gasteiger partial charge in [0.05, 0.1) is 6.54 Å². The summed E-state index contributed by atoms with van der Waals surface area (Å²) < 4.78 is 32.7. The van der Waals surface area contributed by atoms with Crippen molar-refractivity contribution in [1.29, 1.82) is 0 Å². The summed E-state index contributed by atoms with van der Waals surface area (Å²) in [6.07, 6.45) is 0.669. The third-order valence-electron chi connectivity index (χ3n) is 2.83. The molecule has 21 heavy (non-hydrogen) atoms. The third-order valence-corrected chi connectivity index (χ3v) is 5.88. The Morgan fingerprint density at radius 1 is 1.43 bits per heavy atom. The van der Waals surface area contributed by atoms with Gasteiger partial charge in [-0.05, 0) is 51.3 Å². The lowest BCUT2D eigenvalue weighted by Gasteiger charge is -2.04. The Morgan fingerprint density at radius 3 is 2.90 bits per heavy atom. The Balaban J connectivity index is 1.99. The van der Waals surface area contributed by atoms with E-state index in [-0.39, 0.29) is 9.56 Å². The van der Waals surface area contributed by atoms with Crippen molar-refractivity contribution >= 4 is 37.3 Å². The van der Waals surface area contributed by atoms with E-state index in [2.05, 4.69) is 26.0 Å². The zero-order valence-corrected chi connectivity index (χ0v) is 14.8. The van der Waals surface area contributed by atoms with Crippen LogP contribution in [0.1, 0.15) is 18.2 Å². The molecule has 2 heterocycles. The van der Waals surface area contributed by atoms with Gasteiger partial charge in [-0.25, -0.2) is 13.1 Å². The number of furan rings is 1. The molecule has 0 radical (unpaired) electrons. The number of hydrogen-bond donors (Lipinski definition) is 2. The second-order valence-corrected chi connectivity index (χ2v) is 7.65. The molecule has 116 valence electrons. The van der Waals surface area contributed by atoms with Gasteiger partial charge >= 0.3 is 0 Å². The number of thiophene rings is 1. The molecule has 0 aliphatic carbocycles. The minimum atomic E-state index is -3.56. The molecular weight excluding hydrogens is 376 g/mol. The van der Waals surface area contributed by atoms with E-state index in [0.29, 0.717) is 25.3 Å². The second-order valence-electron chi connectivity index (χ2n) is 4.41. The average Bonchev–Trinajstić information content (AvgIpc) is 3.06. The van der Waals surface area contributed by atoms with Crippen LogP contribution in [-0.2, 0) is 23.0 Å². The molecular formula is C13H17BrN2O3S2. The van der Waals surface area contributed by atoms with Crippen LogP contribution in [0.15, 0.2) is 36.9 Å². The van der Waals surface area contributed by atoms with Crippen LogP contribution in [0.3, 0.4) is 0 Å². The largest absolute Gasteiger partial charge is 0.452 e. The molecule has 0 unspecified atom stereocenters. The van der Waals surface area contributed by atoms with Crippen molar-refractivity contribution in [2.75, 3.05) is 13.1 Å². The Bertz CT molecular complexity index is 666. The zero-order valence-electron chi connectivity index (χ0n) is 11.6. The van der Waals surface area contributed by atoms with Crippen LogP contribution >= 0.6 is 27.3 Å². The van der Waals surface area contributed by atoms with Crippen molar-refractivity contribution in [3.8, 4) is 0 Å². The minimum Gasteiger partial charge on any atom is -0.452 e. The first-order valence-electron chi connectivity index (χ1n) is 6.52. The van der Waals surface area contributed by atoms with Gasteiger partial charge in [0, 0.05) is 12.6 Å². The normalized spacial score (nSPS) is 11.9. The lowest BCUT2D eigenvalue weighted by molar-refractivity contribution is 0.464. The van der Waals surface area contributed by atoms with Gasteiger partial charge < -0.3 is 9.73 Å². The van der Waals surface area contributed by atoms with Crippen molar-refractivity contribution in [3.05, 3.63) is 38.9 Å². The second kappa shape index (κ2) is 7.55. The van der Waals surface area contributed by atoms with Crippen LogP contribution in [0, 0.1) is 0 Å². The molecule has 0 aliphatic rings. The fourth-order valence-corrected chi connectivity index (χ4v) is 4.49. The summed E-state index contributed by atoms with van der Waals surface area (Å²) in [6.45, 7) is 3.62. The van der Waals surface area contributed by atoms with Crippen LogP contribution in [-0.4, -0.2) is 21.5 Å². The maximum Gasteiger partial charge on any atom is 0.244 e. The Kier molecular flexibility index (Phi) is 6.00. The van der Waals surface area contributed by atoms with E-state index >= 15 is 0 Å². The van der Waals surface area contributed by atoms with Crippen LogP contribution in [0.4, 0.5) is 0 Å². The predicted octanol–water partition coefficient (Wildman–Crippen LogP) is 2.73. The molecule has 0 aromatic carbocycles. The summed E-state index contributed by atoms with van der Waals surface area (Å²) in [7, 11) is -3.56. The predicted molar refractivity (Wildman–Crippen MR) is 87.0 cm³/mol. The van der Waals surface area contributed by atoms with Gasteiger partial charge in [0.2, 0.25) is 10.0 Å². The summed E-state index contributed by atoms with van der Waals surface area (Å²) in [5.74, 6) is 0.585. The van der Waals surface area contributed by atoms with Gasteiger partial charge in [-0.2, -0.15) is 11.3 Å². The summed E-state index contributed by atoms with van der Waals surface area (Å²) in [6, 6.07) is 3.53. The van der Waals surface area contributed by atoms with Crippen molar-refractivity contribution in [2.24, 2.45) is 0 Å². The topological polar surface area (TPSA) is 71.3 Å². The highest BCUT2D eigenvalue weighted by atomic mass is 79.9. The fraction of sp³-hybridized carbons (Fsp3) is 0.385. The summed E-state index contributed by atoms with van der Waals surface area (Å²) in [4.78, 5) is 0.140. The van der Waals surface area contributed by atoms with E-state index in [9.17, 15) is 8.42 Å². The highest BCUT2D eigenvalue weighted by Crippen LogP contribution is 2.26. The van der Waals surface area contributed by atoms with Crippen LogP contribution < -0.4 is 10.0 Å². The molecule has 0 saturated carbocycles. The summed E-state index contributed by atoms with van der Waals surface area (Å²) in [5, 5.41) is 7.08. The molecule has 2 N–H and O–H groups in total. The van der Waals surface area contributed by atoms with Crippen molar-refractivity contribution in [3.63, 3.8) is 0 Å². The Hall–Kier alpha value is -0.670. The van der Waals surface area contributed by atoms with Crippen LogP contribution in [0.25, 0.3) is 0 Å². The number of sulfonamides is 1. The molecule has 0 amide bonds. The number of halogens is 1. The average molecular weight is 393 g/mol.